The lowest BCUT2D eigenvalue weighted by Crippen LogP contribution is -2.33. The van der Waals surface area contributed by atoms with Gasteiger partial charge in [0.25, 0.3) is 0 Å². The van der Waals surface area contributed by atoms with Gasteiger partial charge in [-0.1, -0.05) is 25.1 Å². The molecule has 0 fully saturated rings. The van der Waals surface area contributed by atoms with E-state index in [1.54, 1.807) is 44.3 Å². The van der Waals surface area contributed by atoms with Gasteiger partial charge >= 0.3 is 0 Å². The van der Waals surface area contributed by atoms with Gasteiger partial charge < -0.3 is 0 Å². The summed E-state index contributed by atoms with van der Waals surface area (Å²) in [5, 5.41) is -1.05. The number of hydrogen-bond acceptors (Lipinski definition) is 5. The lowest BCUT2D eigenvalue weighted by atomic mass is 10.2. The van der Waals surface area contributed by atoms with Gasteiger partial charge in [-0.05, 0) is 49.1 Å². The Morgan fingerprint density at radius 1 is 1.12 bits per heavy atom. The van der Waals surface area contributed by atoms with Crippen molar-refractivity contribution in [2.75, 3.05) is 12.3 Å². The van der Waals surface area contributed by atoms with Crippen molar-refractivity contribution in [1.29, 1.82) is 0 Å². The van der Waals surface area contributed by atoms with Crippen molar-refractivity contribution in [1.82, 2.24) is 9.71 Å². The number of aryl methyl sites for hydroxylation is 2. The highest BCUT2D eigenvalue weighted by Gasteiger charge is 2.31. The zero-order valence-electron chi connectivity index (χ0n) is 15.1. The van der Waals surface area contributed by atoms with Gasteiger partial charge in [0, 0.05) is 18.9 Å². The largest absolute Gasteiger partial charge is 0.264 e. The molecule has 142 valence electrons. The van der Waals surface area contributed by atoms with E-state index in [2.05, 4.69) is 9.71 Å². The van der Waals surface area contributed by atoms with E-state index in [0.717, 1.165) is 5.56 Å². The molecule has 0 aliphatic carbocycles. The van der Waals surface area contributed by atoms with Crippen molar-refractivity contribution in [3.8, 4) is 0 Å². The first kappa shape index (κ1) is 20.5. The SMILES string of the molecule is CCCS(=O)(=O)NC[C@H](c1cccnc1)S(=O)(=O)c1cc(C)ccc1C. The number of sulfone groups is 1. The molecule has 1 N–H and O–H groups in total. The number of hydrogen-bond donors (Lipinski definition) is 1. The number of nitrogens with one attached hydrogen (secondary N) is 1. The quantitative estimate of drug-likeness (QED) is 0.740. The van der Waals surface area contributed by atoms with Crippen LogP contribution in [0.2, 0.25) is 0 Å². The van der Waals surface area contributed by atoms with Gasteiger partial charge in [0.1, 0.15) is 5.25 Å². The zero-order chi connectivity index (χ0) is 19.4. The van der Waals surface area contributed by atoms with Crippen LogP contribution < -0.4 is 4.72 Å². The van der Waals surface area contributed by atoms with Gasteiger partial charge in [0.15, 0.2) is 9.84 Å². The summed E-state index contributed by atoms with van der Waals surface area (Å²) < 4.78 is 53.1. The molecule has 1 heterocycles. The maximum Gasteiger partial charge on any atom is 0.211 e. The van der Waals surface area contributed by atoms with Crippen LogP contribution in [0.4, 0.5) is 0 Å². The average molecular weight is 397 g/mol. The fourth-order valence-electron chi connectivity index (χ4n) is 2.68. The maximum absolute atomic E-state index is 13.3. The molecule has 0 saturated heterocycles. The first-order valence-corrected chi connectivity index (χ1v) is 11.6. The Bertz CT molecular complexity index is 956. The molecule has 1 aromatic carbocycles. The maximum atomic E-state index is 13.3. The molecule has 8 heteroatoms. The predicted molar refractivity (Wildman–Crippen MR) is 102 cm³/mol. The molecule has 0 amide bonds. The lowest BCUT2D eigenvalue weighted by Gasteiger charge is -2.20. The van der Waals surface area contributed by atoms with Crippen molar-refractivity contribution in [3.63, 3.8) is 0 Å². The number of nitrogens with zero attached hydrogens (tertiary/aromatic N) is 1. The third-order valence-corrected chi connectivity index (χ3v) is 7.84. The summed E-state index contributed by atoms with van der Waals surface area (Å²) in [6.45, 7) is 5.07. The zero-order valence-corrected chi connectivity index (χ0v) is 16.8. The van der Waals surface area contributed by atoms with E-state index in [0.29, 0.717) is 17.5 Å². The van der Waals surface area contributed by atoms with Crippen LogP contribution in [0.1, 0.15) is 35.3 Å². The standard InChI is InChI=1S/C18H24N2O4S2/c1-4-10-25(21,22)20-13-18(16-6-5-9-19-12-16)26(23,24)17-11-14(2)7-8-15(17)3/h5-9,11-12,18,20H,4,10,13H2,1-3H3/t18-/m1/s1. The Balaban J connectivity index is 2.48. The average Bonchev–Trinajstić information content (AvgIpc) is 2.57. The molecule has 2 aromatic rings. The summed E-state index contributed by atoms with van der Waals surface area (Å²) in [6.07, 6.45) is 3.46. The Kier molecular flexibility index (Phi) is 6.54. The third-order valence-electron chi connectivity index (χ3n) is 4.04. The van der Waals surface area contributed by atoms with Gasteiger partial charge in [-0.15, -0.1) is 0 Å². The predicted octanol–water partition coefficient (Wildman–Crippen LogP) is 2.54. The van der Waals surface area contributed by atoms with E-state index in [9.17, 15) is 16.8 Å². The van der Waals surface area contributed by atoms with Gasteiger partial charge in [0.05, 0.1) is 10.6 Å². The minimum atomic E-state index is -3.81. The third kappa shape index (κ3) is 4.90. The summed E-state index contributed by atoms with van der Waals surface area (Å²) in [7, 11) is -7.34. The Hall–Kier alpha value is -1.77. The Labute approximate surface area is 155 Å². The molecule has 0 aliphatic rings. The van der Waals surface area contributed by atoms with Crippen molar-refractivity contribution in [2.45, 2.75) is 37.3 Å². The van der Waals surface area contributed by atoms with Crippen LogP contribution in [-0.4, -0.2) is 34.1 Å². The van der Waals surface area contributed by atoms with Crippen molar-refractivity contribution in [3.05, 3.63) is 59.4 Å². The van der Waals surface area contributed by atoms with Gasteiger partial charge in [0.2, 0.25) is 10.0 Å². The summed E-state index contributed by atoms with van der Waals surface area (Å²) >= 11 is 0. The highest BCUT2D eigenvalue weighted by atomic mass is 32.2. The number of benzene rings is 1. The van der Waals surface area contributed by atoms with Crippen molar-refractivity contribution >= 4 is 19.9 Å². The van der Waals surface area contributed by atoms with Crippen LogP contribution in [0.15, 0.2) is 47.6 Å². The fraction of sp³-hybridized carbons (Fsp3) is 0.389. The first-order valence-electron chi connectivity index (χ1n) is 8.36. The van der Waals surface area contributed by atoms with Crippen molar-refractivity contribution < 1.29 is 16.8 Å². The lowest BCUT2D eigenvalue weighted by molar-refractivity contribution is 0.567. The van der Waals surface area contributed by atoms with Crippen molar-refractivity contribution in [2.24, 2.45) is 0 Å². The normalized spacial score (nSPS) is 13.5. The van der Waals surface area contributed by atoms with Crippen LogP contribution in [0.3, 0.4) is 0 Å². The molecule has 1 aromatic heterocycles. The summed E-state index contributed by atoms with van der Waals surface area (Å²) in [4.78, 5) is 4.20. The molecule has 26 heavy (non-hydrogen) atoms. The van der Waals surface area contributed by atoms with Gasteiger partial charge in [-0.3, -0.25) is 4.98 Å². The number of aromatic nitrogens is 1. The van der Waals surface area contributed by atoms with E-state index in [-0.39, 0.29) is 17.2 Å². The molecule has 0 spiro atoms. The highest BCUT2D eigenvalue weighted by Crippen LogP contribution is 2.30. The fourth-order valence-corrected chi connectivity index (χ4v) is 5.87. The summed E-state index contributed by atoms with van der Waals surface area (Å²) in [5.41, 5.74) is 1.90. The Morgan fingerprint density at radius 3 is 2.46 bits per heavy atom. The number of pyridine rings is 1. The smallest absolute Gasteiger partial charge is 0.211 e. The molecule has 0 radical (unpaired) electrons. The van der Waals surface area contributed by atoms with Gasteiger partial charge in [-0.25, -0.2) is 21.6 Å². The first-order chi connectivity index (χ1) is 12.2. The van der Waals surface area contributed by atoms with Crippen LogP contribution in [0, 0.1) is 13.8 Å². The van der Waals surface area contributed by atoms with E-state index in [4.69, 9.17) is 0 Å². The molecule has 6 nitrogen and oxygen atoms in total. The van der Waals surface area contributed by atoms with Crippen LogP contribution in [0.5, 0.6) is 0 Å². The monoisotopic (exact) mass is 396 g/mol. The van der Waals surface area contributed by atoms with Crippen LogP contribution >= 0.6 is 0 Å². The summed E-state index contributed by atoms with van der Waals surface area (Å²) in [5.74, 6) is -0.0454. The van der Waals surface area contributed by atoms with E-state index in [1.807, 2.05) is 13.0 Å². The molecule has 1 atom stereocenters. The Morgan fingerprint density at radius 2 is 1.85 bits per heavy atom. The molecular formula is C18H24N2O4S2. The highest BCUT2D eigenvalue weighted by molar-refractivity contribution is 7.92. The molecule has 0 saturated carbocycles. The minimum Gasteiger partial charge on any atom is -0.264 e. The molecular weight excluding hydrogens is 372 g/mol. The minimum absolute atomic E-state index is 0.0454. The molecule has 2 rings (SSSR count). The van der Waals surface area contributed by atoms with E-state index in [1.165, 1.54) is 6.20 Å². The topological polar surface area (TPSA) is 93.2 Å². The molecule has 0 aliphatic heterocycles. The molecule has 0 bridgehead atoms. The van der Waals surface area contributed by atoms with E-state index >= 15 is 0 Å². The van der Waals surface area contributed by atoms with Crippen LogP contribution in [-0.2, 0) is 19.9 Å². The second-order valence-electron chi connectivity index (χ2n) is 6.26. The second kappa shape index (κ2) is 8.28. The second-order valence-corrected chi connectivity index (χ2v) is 10.3. The number of rotatable bonds is 8. The number of sulfonamides is 1. The molecule has 0 unspecified atom stereocenters. The van der Waals surface area contributed by atoms with Gasteiger partial charge in [-0.2, -0.15) is 0 Å². The van der Waals surface area contributed by atoms with E-state index < -0.39 is 25.1 Å². The van der Waals surface area contributed by atoms with Crippen LogP contribution in [0.25, 0.3) is 0 Å². The summed E-state index contributed by atoms with van der Waals surface area (Å²) in [6, 6.07) is 8.51.